The highest BCUT2D eigenvalue weighted by Crippen LogP contribution is 2.40. The monoisotopic (exact) mass is 306 g/mol. The van der Waals surface area contributed by atoms with Crippen LogP contribution in [0.1, 0.15) is 36.6 Å². The Morgan fingerprint density at radius 2 is 2.00 bits per heavy atom. The minimum absolute atomic E-state index is 0.113. The summed E-state index contributed by atoms with van der Waals surface area (Å²) in [5, 5.41) is 10.9. The van der Waals surface area contributed by atoms with Crippen LogP contribution in [-0.2, 0) is 5.41 Å². The number of halogens is 2. The average molecular weight is 307 g/mol. The SMILES string of the molecule is CC1(C)COc2ccc(C(O)c3cc(Cl)ccc3F)cc21. The Kier molecular flexibility index (Phi) is 3.42. The fourth-order valence-corrected chi connectivity index (χ4v) is 2.79. The van der Waals surface area contributed by atoms with Crippen molar-refractivity contribution >= 4 is 11.6 Å². The normalized spacial score (nSPS) is 17.2. The van der Waals surface area contributed by atoms with Crippen molar-refractivity contribution < 1.29 is 14.2 Å². The molecule has 0 radical (unpaired) electrons. The van der Waals surface area contributed by atoms with E-state index in [1.807, 2.05) is 12.1 Å². The van der Waals surface area contributed by atoms with Gasteiger partial charge in [-0.15, -0.1) is 0 Å². The maximum atomic E-state index is 13.9. The van der Waals surface area contributed by atoms with E-state index in [0.717, 1.165) is 11.3 Å². The maximum Gasteiger partial charge on any atom is 0.129 e. The van der Waals surface area contributed by atoms with E-state index in [1.165, 1.54) is 18.2 Å². The molecule has 0 bridgehead atoms. The Balaban J connectivity index is 2.03. The van der Waals surface area contributed by atoms with Gasteiger partial charge in [0, 0.05) is 21.6 Å². The van der Waals surface area contributed by atoms with Gasteiger partial charge in [-0.25, -0.2) is 4.39 Å². The van der Waals surface area contributed by atoms with Gasteiger partial charge in [0.15, 0.2) is 0 Å². The van der Waals surface area contributed by atoms with E-state index < -0.39 is 11.9 Å². The van der Waals surface area contributed by atoms with E-state index in [4.69, 9.17) is 16.3 Å². The van der Waals surface area contributed by atoms with Crippen molar-refractivity contribution in [3.05, 3.63) is 63.9 Å². The first-order valence-corrected chi connectivity index (χ1v) is 7.16. The van der Waals surface area contributed by atoms with Crippen molar-refractivity contribution in [3.8, 4) is 5.75 Å². The number of fused-ring (bicyclic) bond motifs is 1. The van der Waals surface area contributed by atoms with E-state index in [2.05, 4.69) is 13.8 Å². The number of aliphatic hydroxyl groups is 1. The molecule has 0 aromatic heterocycles. The van der Waals surface area contributed by atoms with Gasteiger partial charge in [0.2, 0.25) is 0 Å². The van der Waals surface area contributed by atoms with Crippen LogP contribution in [0.2, 0.25) is 5.02 Å². The van der Waals surface area contributed by atoms with Crippen LogP contribution in [0.15, 0.2) is 36.4 Å². The lowest BCUT2D eigenvalue weighted by Gasteiger charge is -2.18. The van der Waals surface area contributed by atoms with Gasteiger partial charge in [0.25, 0.3) is 0 Å². The zero-order valence-corrected chi connectivity index (χ0v) is 12.6. The summed E-state index contributed by atoms with van der Waals surface area (Å²) in [4.78, 5) is 0. The summed E-state index contributed by atoms with van der Waals surface area (Å²) in [6, 6.07) is 9.65. The van der Waals surface area contributed by atoms with Gasteiger partial charge in [0.05, 0.1) is 6.61 Å². The van der Waals surface area contributed by atoms with Crippen LogP contribution in [0.3, 0.4) is 0 Å². The molecule has 1 unspecified atom stereocenters. The molecule has 1 N–H and O–H groups in total. The summed E-state index contributed by atoms with van der Waals surface area (Å²) < 4.78 is 19.5. The average Bonchev–Trinajstić information content (AvgIpc) is 2.76. The third-order valence-corrected chi connectivity index (χ3v) is 4.12. The molecule has 0 saturated heterocycles. The van der Waals surface area contributed by atoms with E-state index in [-0.39, 0.29) is 11.0 Å². The minimum Gasteiger partial charge on any atom is -0.492 e. The van der Waals surface area contributed by atoms with Gasteiger partial charge in [-0.3, -0.25) is 0 Å². The van der Waals surface area contributed by atoms with Crippen LogP contribution in [-0.4, -0.2) is 11.7 Å². The summed E-state index contributed by atoms with van der Waals surface area (Å²) in [5.74, 6) is 0.352. The van der Waals surface area contributed by atoms with Gasteiger partial charge >= 0.3 is 0 Å². The fourth-order valence-electron chi connectivity index (χ4n) is 2.61. The smallest absolute Gasteiger partial charge is 0.129 e. The van der Waals surface area contributed by atoms with Crippen molar-refractivity contribution in [1.82, 2.24) is 0 Å². The lowest BCUT2D eigenvalue weighted by Crippen LogP contribution is -2.18. The van der Waals surface area contributed by atoms with Crippen LogP contribution >= 0.6 is 11.6 Å². The number of aliphatic hydroxyl groups excluding tert-OH is 1. The molecule has 0 spiro atoms. The molecule has 1 aliphatic heterocycles. The molecule has 2 aromatic rings. The van der Waals surface area contributed by atoms with Crippen LogP contribution in [0.25, 0.3) is 0 Å². The van der Waals surface area contributed by atoms with Gasteiger partial charge in [-0.05, 0) is 35.9 Å². The predicted molar refractivity (Wildman–Crippen MR) is 80.4 cm³/mol. The van der Waals surface area contributed by atoms with E-state index in [1.54, 1.807) is 6.07 Å². The van der Waals surface area contributed by atoms with Crippen LogP contribution in [0, 0.1) is 5.82 Å². The van der Waals surface area contributed by atoms with Gasteiger partial charge < -0.3 is 9.84 Å². The zero-order valence-electron chi connectivity index (χ0n) is 11.9. The number of hydrogen-bond donors (Lipinski definition) is 1. The Hall–Kier alpha value is -1.58. The highest BCUT2D eigenvalue weighted by atomic mass is 35.5. The molecule has 4 heteroatoms. The van der Waals surface area contributed by atoms with Gasteiger partial charge in [-0.2, -0.15) is 0 Å². The Morgan fingerprint density at radius 3 is 2.76 bits per heavy atom. The molecular formula is C17H16ClFO2. The Labute approximate surface area is 128 Å². The quantitative estimate of drug-likeness (QED) is 0.899. The zero-order chi connectivity index (χ0) is 15.2. The second kappa shape index (κ2) is 5.00. The molecule has 110 valence electrons. The minimum atomic E-state index is -1.05. The second-order valence-electron chi connectivity index (χ2n) is 6.00. The van der Waals surface area contributed by atoms with Crippen LogP contribution in [0.4, 0.5) is 4.39 Å². The largest absolute Gasteiger partial charge is 0.492 e. The van der Waals surface area contributed by atoms with Crippen molar-refractivity contribution in [1.29, 1.82) is 0 Å². The van der Waals surface area contributed by atoms with E-state index in [9.17, 15) is 9.50 Å². The van der Waals surface area contributed by atoms with E-state index in [0.29, 0.717) is 17.2 Å². The lowest BCUT2D eigenvalue weighted by atomic mass is 9.85. The molecule has 0 saturated carbocycles. The van der Waals surface area contributed by atoms with Crippen LogP contribution in [0.5, 0.6) is 5.75 Å². The Bertz CT molecular complexity index is 697. The van der Waals surface area contributed by atoms with Gasteiger partial charge in [0.1, 0.15) is 17.7 Å². The predicted octanol–water partition coefficient (Wildman–Crippen LogP) is 4.23. The molecular weight excluding hydrogens is 291 g/mol. The van der Waals surface area contributed by atoms with Gasteiger partial charge in [-0.1, -0.05) is 31.5 Å². The molecule has 0 aliphatic carbocycles. The summed E-state index contributed by atoms with van der Waals surface area (Å²) in [6.45, 7) is 4.76. The van der Waals surface area contributed by atoms with Crippen molar-refractivity contribution in [3.63, 3.8) is 0 Å². The molecule has 0 amide bonds. The lowest BCUT2D eigenvalue weighted by molar-refractivity contribution is 0.215. The molecule has 3 rings (SSSR count). The van der Waals surface area contributed by atoms with Crippen molar-refractivity contribution in [2.45, 2.75) is 25.4 Å². The number of ether oxygens (including phenoxy) is 1. The maximum absolute atomic E-state index is 13.9. The number of benzene rings is 2. The standard InChI is InChI=1S/C17H16ClFO2/c1-17(2)9-21-15-6-3-10(7-13(15)17)16(20)12-8-11(18)4-5-14(12)19/h3-8,16,20H,9H2,1-2H3. The van der Waals surface area contributed by atoms with E-state index >= 15 is 0 Å². The summed E-state index contributed by atoms with van der Waals surface area (Å²) in [6.07, 6.45) is -1.05. The Morgan fingerprint density at radius 1 is 1.24 bits per heavy atom. The number of hydrogen-bond acceptors (Lipinski definition) is 2. The third kappa shape index (κ3) is 2.52. The fraction of sp³-hybridized carbons (Fsp3) is 0.294. The molecule has 2 aromatic carbocycles. The molecule has 21 heavy (non-hydrogen) atoms. The van der Waals surface area contributed by atoms with Crippen molar-refractivity contribution in [2.75, 3.05) is 6.61 Å². The first-order chi connectivity index (χ1) is 9.88. The highest BCUT2D eigenvalue weighted by Gasteiger charge is 2.32. The summed E-state index contributed by atoms with van der Waals surface area (Å²) >= 11 is 5.89. The molecule has 1 heterocycles. The first-order valence-electron chi connectivity index (χ1n) is 6.79. The molecule has 1 atom stereocenters. The second-order valence-corrected chi connectivity index (χ2v) is 6.43. The summed E-state index contributed by atoms with van der Waals surface area (Å²) in [7, 11) is 0. The first kappa shape index (κ1) is 14.4. The third-order valence-electron chi connectivity index (χ3n) is 3.89. The number of rotatable bonds is 2. The van der Waals surface area contributed by atoms with Crippen molar-refractivity contribution in [2.24, 2.45) is 0 Å². The molecule has 1 aliphatic rings. The van der Waals surface area contributed by atoms with Crippen LogP contribution < -0.4 is 4.74 Å². The molecule has 0 fully saturated rings. The topological polar surface area (TPSA) is 29.5 Å². The molecule has 2 nitrogen and oxygen atoms in total. The highest BCUT2D eigenvalue weighted by molar-refractivity contribution is 6.30. The summed E-state index contributed by atoms with van der Waals surface area (Å²) in [5.41, 5.74) is 1.73.